The number of rotatable bonds is 15. The fraction of sp³-hybridized carbons (Fsp3) is 0.0476. The van der Waals surface area contributed by atoms with Crippen LogP contribution in [-0.2, 0) is 5.41 Å². The summed E-state index contributed by atoms with van der Waals surface area (Å²) in [5.74, 6) is 14.0. The van der Waals surface area contributed by atoms with Gasteiger partial charge < -0.3 is 0 Å². The van der Waals surface area contributed by atoms with Crippen molar-refractivity contribution < 1.29 is 0 Å². The first-order chi connectivity index (χ1) is 51.4. The second kappa shape index (κ2) is 29.0. The number of terminal acetylenes is 5. The Balaban J connectivity index is 0.901. The molecule has 0 spiro atoms. The Labute approximate surface area is 619 Å². The summed E-state index contributed by atoms with van der Waals surface area (Å²) in [7, 11) is 0. The quantitative estimate of drug-likeness (QED) is 0.0709. The van der Waals surface area contributed by atoms with Gasteiger partial charge >= 0.3 is 0 Å². The van der Waals surface area contributed by atoms with E-state index < -0.39 is 5.41 Å². The molecule has 0 aromatic heterocycles. The first kappa shape index (κ1) is 67.0. The van der Waals surface area contributed by atoms with Gasteiger partial charge in [-0.15, -0.1) is 32.1 Å². The van der Waals surface area contributed by atoms with E-state index in [1.165, 1.54) is 55.6 Å². The van der Waals surface area contributed by atoms with Crippen LogP contribution in [0.1, 0.15) is 72.3 Å². The summed E-state index contributed by atoms with van der Waals surface area (Å²) < 4.78 is 0. The molecule has 0 nitrogen and oxygen atoms in total. The largest absolute Gasteiger partial charge is 0.115 e. The minimum Gasteiger partial charge on any atom is -0.115 e. The standard InChI is InChI=1S/C105H72/c1-10-74-25-35-79(36-26-74)81-39-43-84(44-40-81)96-65-72(8)98(67-70(96)6)86-47-51-90(52-48-86)103-100(83-21-17-15-18-22-83)69-101(88-55-63-95(64-56-88)105(92-57-29-76(12-3)30-58-92,93-59-31-77(13-4)32-60-93)94-61-33-78(14-5)34-62-94)102(89-23-19-16-20-24-89)104(103)91-53-49-87(50-54-91)99-68-71(7)97(66-73(99)9)85-45-41-82(42-46-85)80-37-27-75(11-2)28-38-80/h1-5,15-69H,6-9H3. The Morgan fingerprint density at radius 2 is 0.371 bits per heavy atom. The van der Waals surface area contributed by atoms with Gasteiger partial charge in [0, 0.05) is 27.8 Å². The fourth-order valence-electron chi connectivity index (χ4n) is 15.3. The minimum absolute atomic E-state index is 0.794. The van der Waals surface area contributed by atoms with Crippen LogP contribution in [-0.4, -0.2) is 0 Å². The summed E-state index contributed by atoms with van der Waals surface area (Å²) in [5.41, 5.74) is 37.2. The number of benzene rings is 15. The van der Waals surface area contributed by atoms with Crippen LogP contribution < -0.4 is 0 Å². The van der Waals surface area contributed by atoms with E-state index in [-0.39, 0.29) is 0 Å². The highest BCUT2D eigenvalue weighted by molar-refractivity contribution is 6.08. The predicted octanol–water partition coefficient (Wildman–Crippen LogP) is 25.5. The molecule has 0 aliphatic rings. The van der Waals surface area contributed by atoms with Crippen LogP contribution in [0.15, 0.2) is 334 Å². The Hall–Kier alpha value is -13.9. The van der Waals surface area contributed by atoms with Crippen LogP contribution >= 0.6 is 0 Å². The van der Waals surface area contributed by atoms with Crippen molar-refractivity contribution in [3.05, 3.63) is 406 Å². The van der Waals surface area contributed by atoms with Crippen LogP contribution in [0.2, 0.25) is 0 Å². The second-order valence-corrected chi connectivity index (χ2v) is 27.0. The highest BCUT2D eigenvalue weighted by Crippen LogP contribution is 2.53. The molecule has 0 saturated carbocycles. The lowest BCUT2D eigenvalue weighted by Gasteiger charge is -2.37. The number of hydrogen-bond acceptors (Lipinski definition) is 0. The lowest BCUT2D eigenvalue weighted by atomic mass is 9.64. The van der Waals surface area contributed by atoms with Gasteiger partial charge in [-0.2, -0.15) is 0 Å². The van der Waals surface area contributed by atoms with Gasteiger partial charge in [-0.3, -0.25) is 0 Å². The van der Waals surface area contributed by atoms with Crippen molar-refractivity contribution in [3.63, 3.8) is 0 Å². The van der Waals surface area contributed by atoms with E-state index in [0.717, 1.165) is 139 Å². The molecule has 0 aliphatic heterocycles. The molecule has 0 heterocycles. The van der Waals surface area contributed by atoms with Crippen LogP contribution in [0.5, 0.6) is 0 Å². The molecule has 0 saturated heterocycles. The van der Waals surface area contributed by atoms with Gasteiger partial charge in [0.15, 0.2) is 0 Å². The molecule has 15 aromatic rings. The van der Waals surface area contributed by atoms with Crippen LogP contribution in [0.4, 0.5) is 0 Å². The average Bonchev–Trinajstić information content (AvgIpc) is 0.729. The molecule has 0 aliphatic carbocycles. The zero-order valence-corrected chi connectivity index (χ0v) is 59.1. The maximum absolute atomic E-state index is 6.04. The molecule has 0 atom stereocenters. The van der Waals surface area contributed by atoms with Crippen molar-refractivity contribution in [2.45, 2.75) is 33.1 Å². The molecule has 0 bridgehead atoms. The fourth-order valence-corrected chi connectivity index (χ4v) is 15.3. The van der Waals surface area contributed by atoms with Crippen molar-refractivity contribution in [1.29, 1.82) is 0 Å². The van der Waals surface area contributed by atoms with Gasteiger partial charge in [0.25, 0.3) is 0 Å². The molecule has 0 unspecified atom stereocenters. The van der Waals surface area contributed by atoms with Gasteiger partial charge in [0.05, 0.1) is 5.41 Å². The van der Waals surface area contributed by atoms with Crippen molar-refractivity contribution in [2.75, 3.05) is 0 Å². The third kappa shape index (κ3) is 13.0. The zero-order valence-electron chi connectivity index (χ0n) is 59.1. The average molecular weight is 1330 g/mol. The Morgan fingerprint density at radius 1 is 0.181 bits per heavy atom. The van der Waals surface area contributed by atoms with E-state index in [4.69, 9.17) is 32.1 Å². The molecule has 15 rings (SSSR count). The molecule has 0 amide bonds. The molecular weight excluding hydrogens is 1260 g/mol. The summed E-state index contributed by atoms with van der Waals surface area (Å²) in [6, 6.07) is 120. The molecule has 0 heteroatoms. The van der Waals surface area contributed by atoms with Gasteiger partial charge in [-0.1, -0.05) is 297 Å². The van der Waals surface area contributed by atoms with E-state index in [0.29, 0.717) is 0 Å². The first-order valence-corrected chi connectivity index (χ1v) is 35.4. The third-order valence-corrected chi connectivity index (χ3v) is 20.8. The zero-order chi connectivity index (χ0) is 72.1. The van der Waals surface area contributed by atoms with Crippen molar-refractivity contribution in [2.24, 2.45) is 0 Å². The molecule has 105 heavy (non-hydrogen) atoms. The lowest BCUT2D eigenvalue weighted by molar-refractivity contribution is 0.745. The van der Waals surface area contributed by atoms with E-state index in [1.807, 2.05) is 60.7 Å². The molecular formula is C105H72. The van der Waals surface area contributed by atoms with Crippen LogP contribution in [0.25, 0.3) is 122 Å². The topological polar surface area (TPSA) is 0 Å². The second-order valence-electron chi connectivity index (χ2n) is 27.0. The van der Waals surface area contributed by atoms with Gasteiger partial charge in [0.1, 0.15) is 0 Å². The Morgan fingerprint density at radius 3 is 0.657 bits per heavy atom. The maximum atomic E-state index is 6.04. The third-order valence-electron chi connectivity index (χ3n) is 20.8. The van der Waals surface area contributed by atoms with E-state index in [1.54, 1.807) is 0 Å². The summed E-state index contributed by atoms with van der Waals surface area (Å²) >= 11 is 0. The molecule has 492 valence electrons. The van der Waals surface area contributed by atoms with Crippen molar-refractivity contribution >= 4 is 0 Å². The highest BCUT2D eigenvalue weighted by Gasteiger charge is 2.39. The van der Waals surface area contributed by atoms with Crippen LogP contribution in [0, 0.1) is 89.4 Å². The lowest BCUT2D eigenvalue weighted by Crippen LogP contribution is -2.31. The van der Waals surface area contributed by atoms with Crippen molar-refractivity contribution in [1.82, 2.24) is 0 Å². The van der Waals surface area contributed by atoms with Gasteiger partial charge in [-0.25, -0.2) is 0 Å². The van der Waals surface area contributed by atoms with E-state index in [2.05, 4.69) is 330 Å². The number of hydrogen-bond donors (Lipinski definition) is 0. The van der Waals surface area contributed by atoms with E-state index in [9.17, 15) is 0 Å². The summed E-state index contributed by atoms with van der Waals surface area (Å²) in [4.78, 5) is 0. The molecule has 15 aromatic carbocycles. The first-order valence-electron chi connectivity index (χ1n) is 35.4. The van der Waals surface area contributed by atoms with Gasteiger partial charge in [-0.05, 0) is 261 Å². The van der Waals surface area contributed by atoms with Gasteiger partial charge in [0.2, 0.25) is 0 Å². The predicted molar refractivity (Wildman–Crippen MR) is 443 cm³/mol. The smallest absolute Gasteiger partial charge is 0.0701 e. The Bertz CT molecular complexity index is 5820. The van der Waals surface area contributed by atoms with E-state index >= 15 is 0 Å². The minimum atomic E-state index is -0.838. The SMILES string of the molecule is C#Cc1ccc(-c2ccc(-c3cc(C)c(-c4ccc(-c5c(-c6ccccc6)cc(-c6ccc(C(c7ccc(C#C)cc7)(c7ccc(C#C)cc7)c7ccc(C#C)cc7)cc6)c(-c6ccccc6)c5-c5ccc(-c6cc(C)c(-c7ccc(-c8ccc(C#C)cc8)cc7)cc6C)cc5)cc4)cc3C)cc2)cc1. The molecule has 0 fully saturated rings. The summed E-state index contributed by atoms with van der Waals surface area (Å²) in [6.45, 7) is 8.90. The maximum Gasteiger partial charge on any atom is 0.0701 e. The van der Waals surface area contributed by atoms with Crippen molar-refractivity contribution in [3.8, 4) is 184 Å². The Kier molecular flexibility index (Phi) is 18.5. The summed E-state index contributed by atoms with van der Waals surface area (Å²) in [5, 5.41) is 0. The normalized spacial score (nSPS) is 11.0. The molecule has 0 radical (unpaired) electrons. The monoisotopic (exact) mass is 1330 g/mol. The highest BCUT2D eigenvalue weighted by atomic mass is 14.4. The van der Waals surface area contributed by atoms with Crippen LogP contribution in [0.3, 0.4) is 0 Å². The summed E-state index contributed by atoms with van der Waals surface area (Å²) in [6.07, 6.45) is 29.5. The molecule has 0 N–H and O–H groups in total. The number of aryl methyl sites for hydroxylation is 4.